The van der Waals surface area contributed by atoms with Crippen LogP contribution in [0, 0.1) is 0 Å². The van der Waals surface area contributed by atoms with Crippen molar-refractivity contribution in [3.63, 3.8) is 0 Å². The van der Waals surface area contributed by atoms with Crippen LogP contribution in [0.15, 0.2) is 40.5 Å². The molecule has 0 radical (unpaired) electrons. The lowest BCUT2D eigenvalue weighted by atomic mass is 10.1. The number of rotatable bonds is 3. The zero-order chi connectivity index (χ0) is 17.6. The van der Waals surface area contributed by atoms with Gasteiger partial charge >= 0.3 is 0 Å². The predicted octanol–water partition coefficient (Wildman–Crippen LogP) is 3.24. The summed E-state index contributed by atoms with van der Waals surface area (Å²) >= 11 is 1.64. The van der Waals surface area contributed by atoms with E-state index >= 15 is 0 Å². The lowest BCUT2D eigenvalue weighted by molar-refractivity contribution is 0.0745. The first-order valence-electron chi connectivity index (χ1n) is 8.40. The average molecular weight is 353 g/mol. The van der Waals surface area contributed by atoms with Gasteiger partial charge in [-0.05, 0) is 43.0 Å². The van der Waals surface area contributed by atoms with Crippen molar-refractivity contribution in [2.75, 3.05) is 7.05 Å². The summed E-state index contributed by atoms with van der Waals surface area (Å²) in [6.45, 7) is 2.75. The summed E-state index contributed by atoms with van der Waals surface area (Å²) in [6.07, 6.45) is 1.77. The van der Waals surface area contributed by atoms with Crippen LogP contribution in [-0.2, 0) is 13.0 Å². The van der Waals surface area contributed by atoms with E-state index in [9.17, 15) is 9.59 Å². The summed E-state index contributed by atoms with van der Waals surface area (Å²) in [4.78, 5) is 32.9. The molecule has 1 aliphatic rings. The van der Waals surface area contributed by atoms with Crippen molar-refractivity contribution in [1.29, 1.82) is 0 Å². The number of carbonyl (C=O) groups excluding carboxylic acids is 1. The minimum Gasteiger partial charge on any atom is -0.334 e. The summed E-state index contributed by atoms with van der Waals surface area (Å²) < 4.78 is 1.74. The van der Waals surface area contributed by atoms with E-state index in [2.05, 4.69) is 4.98 Å². The number of thiophene rings is 1. The van der Waals surface area contributed by atoms with Gasteiger partial charge in [0.25, 0.3) is 11.5 Å². The maximum absolute atomic E-state index is 12.9. The van der Waals surface area contributed by atoms with Crippen LogP contribution in [0.4, 0.5) is 0 Å². The van der Waals surface area contributed by atoms with E-state index < -0.39 is 0 Å². The molecule has 5 nitrogen and oxygen atoms in total. The van der Waals surface area contributed by atoms with E-state index in [4.69, 9.17) is 0 Å². The number of carbonyl (C=O) groups is 1. The third kappa shape index (κ3) is 2.66. The van der Waals surface area contributed by atoms with Gasteiger partial charge in [0.05, 0.1) is 16.9 Å². The highest BCUT2D eigenvalue weighted by atomic mass is 32.1. The fourth-order valence-electron chi connectivity index (χ4n) is 3.32. The molecule has 1 amide bonds. The number of hydrogen-bond donors (Lipinski definition) is 0. The van der Waals surface area contributed by atoms with Crippen LogP contribution in [0.2, 0.25) is 0 Å². The van der Waals surface area contributed by atoms with Gasteiger partial charge in [0, 0.05) is 30.5 Å². The smallest absolute Gasteiger partial charge is 0.261 e. The first kappa shape index (κ1) is 16.0. The molecule has 0 N–H and O–H groups in total. The molecule has 0 aliphatic carbocycles. The third-order valence-corrected chi connectivity index (χ3v) is 5.96. The van der Waals surface area contributed by atoms with Crippen molar-refractivity contribution in [1.82, 2.24) is 14.5 Å². The van der Waals surface area contributed by atoms with E-state index in [1.165, 1.54) is 0 Å². The number of fused-ring (bicyclic) bond motifs is 2. The fraction of sp³-hybridized carbons (Fsp3) is 0.316. The van der Waals surface area contributed by atoms with Gasteiger partial charge in [0.2, 0.25) is 0 Å². The molecule has 0 spiro atoms. The molecule has 6 heteroatoms. The monoisotopic (exact) mass is 353 g/mol. The molecule has 0 fully saturated rings. The average Bonchev–Trinajstić information content (AvgIpc) is 3.31. The van der Waals surface area contributed by atoms with E-state index in [1.54, 1.807) is 39.0 Å². The maximum atomic E-state index is 12.9. The first-order valence-corrected chi connectivity index (χ1v) is 9.28. The number of aromatic nitrogens is 2. The van der Waals surface area contributed by atoms with E-state index in [1.807, 2.05) is 31.5 Å². The summed E-state index contributed by atoms with van der Waals surface area (Å²) in [5, 5.41) is 2.59. The fourth-order valence-corrected chi connectivity index (χ4v) is 4.14. The third-order valence-electron chi connectivity index (χ3n) is 4.92. The summed E-state index contributed by atoms with van der Waals surface area (Å²) in [7, 11) is 1.81. The van der Waals surface area contributed by atoms with Gasteiger partial charge in [-0.25, -0.2) is 4.98 Å². The van der Waals surface area contributed by atoms with Crippen molar-refractivity contribution >= 4 is 28.1 Å². The summed E-state index contributed by atoms with van der Waals surface area (Å²) in [5.41, 5.74) is 1.17. The van der Waals surface area contributed by atoms with Crippen molar-refractivity contribution in [2.45, 2.75) is 32.4 Å². The Morgan fingerprint density at radius 2 is 2.20 bits per heavy atom. The number of nitrogens with zero attached hydrogens (tertiary/aromatic N) is 3. The molecule has 0 saturated carbocycles. The largest absolute Gasteiger partial charge is 0.334 e. The Balaban J connectivity index is 1.71. The second kappa shape index (κ2) is 6.11. The Hall–Kier alpha value is -2.47. The van der Waals surface area contributed by atoms with E-state index in [-0.39, 0.29) is 17.5 Å². The molecule has 1 unspecified atom stereocenters. The molecule has 2 aromatic heterocycles. The van der Waals surface area contributed by atoms with Gasteiger partial charge in [-0.1, -0.05) is 6.07 Å². The minimum absolute atomic E-state index is 0.00167. The second-order valence-corrected chi connectivity index (χ2v) is 7.41. The van der Waals surface area contributed by atoms with Gasteiger partial charge < -0.3 is 4.90 Å². The second-order valence-electron chi connectivity index (χ2n) is 6.43. The topological polar surface area (TPSA) is 55.2 Å². The molecule has 0 saturated heterocycles. The van der Waals surface area contributed by atoms with Crippen LogP contribution in [0.5, 0.6) is 0 Å². The number of amides is 1. The highest BCUT2D eigenvalue weighted by Gasteiger charge is 2.21. The SMILES string of the molecule is CC(c1cccs1)N(C)C(=O)c1ccc2c(=O)n3c(nc2c1)CCC3. The predicted molar refractivity (Wildman–Crippen MR) is 99.2 cm³/mol. The van der Waals surface area contributed by atoms with Crippen LogP contribution >= 0.6 is 11.3 Å². The van der Waals surface area contributed by atoms with Crippen LogP contribution < -0.4 is 5.56 Å². The molecular formula is C19H19N3O2S. The summed E-state index contributed by atoms with van der Waals surface area (Å²) in [6, 6.07) is 9.23. The molecule has 1 aromatic carbocycles. The van der Waals surface area contributed by atoms with Crippen molar-refractivity contribution < 1.29 is 4.79 Å². The summed E-state index contributed by atoms with van der Waals surface area (Å²) in [5.74, 6) is 0.757. The number of hydrogen-bond acceptors (Lipinski definition) is 4. The zero-order valence-electron chi connectivity index (χ0n) is 14.2. The highest BCUT2D eigenvalue weighted by Crippen LogP contribution is 2.25. The molecule has 4 rings (SSSR count). The van der Waals surface area contributed by atoms with Crippen molar-refractivity contribution in [3.05, 3.63) is 62.3 Å². The van der Waals surface area contributed by atoms with E-state index in [0.29, 0.717) is 16.5 Å². The lowest BCUT2D eigenvalue weighted by Gasteiger charge is -2.24. The van der Waals surface area contributed by atoms with Gasteiger partial charge in [-0.15, -0.1) is 11.3 Å². The van der Waals surface area contributed by atoms with Gasteiger partial charge in [0.15, 0.2) is 0 Å². The number of aryl methyl sites for hydroxylation is 1. The number of benzene rings is 1. The van der Waals surface area contributed by atoms with Crippen LogP contribution in [0.1, 0.15) is 40.4 Å². The van der Waals surface area contributed by atoms with Crippen molar-refractivity contribution in [2.24, 2.45) is 0 Å². The molecule has 1 atom stereocenters. The lowest BCUT2D eigenvalue weighted by Crippen LogP contribution is -2.29. The van der Waals surface area contributed by atoms with Crippen molar-refractivity contribution in [3.8, 4) is 0 Å². The quantitative estimate of drug-likeness (QED) is 0.726. The minimum atomic E-state index is -0.0646. The van der Waals surface area contributed by atoms with Crippen LogP contribution in [0.3, 0.4) is 0 Å². The maximum Gasteiger partial charge on any atom is 0.261 e. The molecule has 3 heterocycles. The Morgan fingerprint density at radius 3 is 2.96 bits per heavy atom. The first-order chi connectivity index (χ1) is 12.1. The Kier molecular flexibility index (Phi) is 3.92. The normalized spacial score (nSPS) is 14.5. The molecular weight excluding hydrogens is 334 g/mol. The molecule has 0 bridgehead atoms. The van der Waals surface area contributed by atoms with Crippen LogP contribution in [0.25, 0.3) is 10.9 Å². The molecule has 128 valence electrons. The highest BCUT2D eigenvalue weighted by molar-refractivity contribution is 7.10. The Labute approximate surface area is 149 Å². The van der Waals surface area contributed by atoms with Gasteiger partial charge in [-0.3, -0.25) is 14.2 Å². The van der Waals surface area contributed by atoms with Gasteiger partial charge in [0.1, 0.15) is 5.82 Å². The van der Waals surface area contributed by atoms with E-state index in [0.717, 1.165) is 30.1 Å². The Morgan fingerprint density at radius 1 is 1.36 bits per heavy atom. The van der Waals surface area contributed by atoms with Crippen LogP contribution in [-0.4, -0.2) is 27.4 Å². The zero-order valence-corrected chi connectivity index (χ0v) is 15.0. The molecule has 25 heavy (non-hydrogen) atoms. The molecule has 1 aliphatic heterocycles. The standard InChI is InChI=1S/C19H19N3O2S/c1-12(16-5-4-10-25-16)21(2)18(23)13-7-8-14-15(11-13)20-17-6-3-9-22(17)19(14)24/h4-5,7-8,10-12H,3,6,9H2,1-2H3. The van der Waals surface area contributed by atoms with Gasteiger partial charge in [-0.2, -0.15) is 0 Å². The molecule has 3 aromatic rings. The Bertz CT molecular complexity index is 1010.